The van der Waals surface area contributed by atoms with Gasteiger partial charge in [0, 0.05) is 17.6 Å². The molecule has 0 saturated heterocycles. The van der Waals surface area contributed by atoms with Gasteiger partial charge in [0.05, 0.1) is 11.1 Å². The second-order valence-corrected chi connectivity index (χ2v) is 6.67. The SMILES string of the molecule is Cc1c(CCCN)c2cc(C(=O)O)cc(C(C)C)c2n1CCCN. The highest BCUT2D eigenvalue weighted by Gasteiger charge is 2.20. The van der Waals surface area contributed by atoms with Crippen molar-refractivity contribution in [2.45, 2.75) is 52.5 Å². The molecule has 5 nitrogen and oxygen atoms in total. The van der Waals surface area contributed by atoms with Crippen LogP contribution in [0.4, 0.5) is 0 Å². The summed E-state index contributed by atoms with van der Waals surface area (Å²) in [5.74, 6) is -0.629. The van der Waals surface area contributed by atoms with Crippen molar-refractivity contribution in [1.29, 1.82) is 0 Å². The highest BCUT2D eigenvalue weighted by atomic mass is 16.4. The molecule has 0 amide bonds. The number of rotatable bonds is 8. The molecular weight excluding hydrogens is 302 g/mol. The van der Waals surface area contributed by atoms with Crippen molar-refractivity contribution in [1.82, 2.24) is 4.57 Å². The lowest BCUT2D eigenvalue weighted by atomic mass is 9.95. The third-order valence-corrected chi connectivity index (χ3v) is 4.66. The Morgan fingerprint density at radius 2 is 1.88 bits per heavy atom. The van der Waals surface area contributed by atoms with E-state index in [1.807, 2.05) is 12.1 Å². The average molecular weight is 331 g/mol. The van der Waals surface area contributed by atoms with Crippen LogP contribution >= 0.6 is 0 Å². The van der Waals surface area contributed by atoms with E-state index in [4.69, 9.17) is 11.5 Å². The van der Waals surface area contributed by atoms with E-state index >= 15 is 0 Å². The van der Waals surface area contributed by atoms with E-state index in [0.717, 1.165) is 42.3 Å². The lowest BCUT2D eigenvalue weighted by Crippen LogP contribution is -2.09. The fourth-order valence-electron chi connectivity index (χ4n) is 3.40. The Morgan fingerprint density at radius 3 is 2.42 bits per heavy atom. The lowest BCUT2D eigenvalue weighted by Gasteiger charge is -2.14. The zero-order valence-corrected chi connectivity index (χ0v) is 14.9. The smallest absolute Gasteiger partial charge is 0.335 e. The van der Waals surface area contributed by atoms with Crippen LogP contribution in [-0.4, -0.2) is 28.7 Å². The van der Waals surface area contributed by atoms with Gasteiger partial charge in [-0.2, -0.15) is 0 Å². The highest BCUT2D eigenvalue weighted by molar-refractivity contribution is 5.97. The monoisotopic (exact) mass is 331 g/mol. The second-order valence-electron chi connectivity index (χ2n) is 6.67. The summed E-state index contributed by atoms with van der Waals surface area (Å²) < 4.78 is 2.31. The Kier molecular flexibility index (Phi) is 6.02. The van der Waals surface area contributed by atoms with Gasteiger partial charge in [0.1, 0.15) is 0 Å². The zero-order chi connectivity index (χ0) is 17.9. The number of carboxylic acids is 1. The molecule has 0 aliphatic rings. The number of benzene rings is 1. The van der Waals surface area contributed by atoms with Crippen LogP contribution in [0.2, 0.25) is 0 Å². The summed E-state index contributed by atoms with van der Waals surface area (Å²) >= 11 is 0. The van der Waals surface area contributed by atoms with Crippen molar-refractivity contribution < 1.29 is 9.90 Å². The predicted molar refractivity (Wildman–Crippen MR) is 98.8 cm³/mol. The van der Waals surface area contributed by atoms with Crippen molar-refractivity contribution in [3.8, 4) is 0 Å². The Labute approximate surface area is 143 Å². The quantitative estimate of drug-likeness (QED) is 0.693. The minimum Gasteiger partial charge on any atom is -0.478 e. The molecule has 132 valence electrons. The summed E-state index contributed by atoms with van der Waals surface area (Å²) in [6, 6.07) is 3.64. The number of aromatic nitrogens is 1. The van der Waals surface area contributed by atoms with Gasteiger partial charge in [-0.1, -0.05) is 13.8 Å². The molecule has 0 unspecified atom stereocenters. The minimum atomic E-state index is -0.879. The molecule has 0 bridgehead atoms. The van der Waals surface area contributed by atoms with E-state index in [2.05, 4.69) is 25.3 Å². The largest absolute Gasteiger partial charge is 0.478 e. The van der Waals surface area contributed by atoms with Crippen LogP contribution in [0.5, 0.6) is 0 Å². The van der Waals surface area contributed by atoms with E-state index < -0.39 is 5.97 Å². The predicted octanol–water partition coefficient (Wildman–Crippen LogP) is 3.01. The van der Waals surface area contributed by atoms with Crippen molar-refractivity contribution in [2.24, 2.45) is 11.5 Å². The maximum atomic E-state index is 11.6. The fraction of sp³-hybridized carbons (Fsp3) is 0.526. The van der Waals surface area contributed by atoms with Gasteiger partial charge in [-0.25, -0.2) is 4.79 Å². The first-order valence-electron chi connectivity index (χ1n) is 8.71. The molecule has 0 atom stereocenters. The number of aryl methyl sites for hydroxylation is 2. The van der Waals surface area contributed by atoms with E-state index in [9.17, 15) is 9.90 Å². The van der Waals surface area contributed by atoms with E-state index in [1.165, 1.54) is 11.3 Å². The third-order valence-electron chi connectivity index (χ3n) is 4.66. The summed E-state index contributed by atoms with van der Waals surface area (Å²) in [5.41, 5.74) is 16.4. The van der Waals surface area contributed by atoms with E-state index in [0.29, 0.717) is 18.7 Å². The Bertz CT molecular complexity index is 732. The number of fused-ring (bicyclic) bond motifs is 1. The number of hydrogen-bond acceptors (Lipinski definition) is 3. The van der Waals surface area contributed by atoms with Crippen LogP contribution in [0.25, 0.3) is 10.9 Å². The second kappa shape index (κ2) is 7.81. The maximum absolute atomic E-state index is 11.6. The molecule has 0 fully saturated rings. The molecule has 0 saturated carbocycles. The van der Waals surface area contributed by atoms with Crippen molar-refractivity contribution in [3.05, 3.63) is 34.5 Å². The van der Waals surface area contributed by atoms with E-state index in [-0.39, 0.29) is 5.92 Å². The number of nitrogens with zero attached hydrogens (tertiary/aromatic N) is 1. The van der Waals surface area contributed by atoms with Crippen LogP contribution in [0, 0.1) is 6.92 Å². The summed E-state index contributed by atoms with van der Waals surface area (Å²) in [6.45, 7) is 8.46. The standard InChI is InChI=1S/C19H29N3O2/c1-12(2)16-10-14(19(23)24)11-17-15(6-4-7-20)13(3)22(18(16)17)9-5-8-21/h10-12H,4-9,20-21H2,1-3H3,(H,23,24). The zero-order valence-electron chi connectivity index (χ0n) is 14.9. The molecule has 5 heteroatoms. The van der Waals surface area contributed by atoms with Crippen LogP contribution in [0.1, 0.15) is 59.8 Å². The van der Waals surface area contributed by atoms with Gasteiger partial charge in [0.25, 0.3) is 0 Å². The van der Waals surface area contributed by atoms with Gasteiger partial charge in [0.15, 0.2) is 0 Å². The lowest BCUT2D eigenvalue weighted by molar-refractivity contribution is 0.0697. The number of carboxylic acid groups (broad SMARTS) is 1. The van der Waals surface area contributed by atoms with Crippen molar-refractivity contribution in [2.75, 3.05) is 13.1 Å². The van der Waals surface area contributed by atoms with Gasteiger partial charge in [-0.15, -0.1) is 0 Å². The van der Waals surface area contributed by atoms with E-state index in [1.54, 1.807) is 0 Å². The first kappa shape index (κ1) is 18.5. The van der Waals surface area contributed by atoms with Crippen molar-refractivity contribution >= 4 is 16.9 Å². The van der Waals surface area contributed by atoms with Gasteiger partial charge in [0.2, 0.25) is 0 Å². The number of nitrogens with two attached hydrogens (primary N) is 2. The van der Waals surface area contributed by atoms with Crippen LogP contribution in [0.3, 0.4) is 0 Å². The molecule has 5 N–H and O–H groups in total. The van der Waals surface area contributed by atoms with Gasteiger partial charge >= 0.3 is 5.97 Å². The van der Waals surface area contributed by atoms with Gasteiger partial charge < -0.3 is 21.1 Å². The molecular formula is C19H29N3O2. The number of hydrogen-bond donors (Lipinski definition) is 3. The number of carbonyl (C=O) groups is 1. The molecule has 0 aliphatic heterocycles. The summed E-state index contributed by atoms with van der Waals surface area (Å²) in [4.78, 5) is 11.6. The summed E-state index contributed by atoms with van der Waals surface area (Å²) in [7, 11) is 0. The van der Waals surface area contributed by atoms with Gasteiger partial charge in [-0.05, 0) is 68.5 Å². The molecule has 1 heterocycles. The van der Waals surface area contributed by atoms with Crippen LogP contribution in [-0.2, 0) is 13.0 Å². The average Bonchev–Trinajstić information content (AvgIpc) is 2.81. The summed E-state index contributed by atoms with van der Waals surface area (Å²) in [6.07, 6.45) is 2.67. The summed E-state index contributed by atoms with van der Waals surface area (Å²) in [5, 5.41) is 10.5. The third kappa shape index (κ3) is 3.47. The topological polar surface area (TPSA) is 94.3 Å². The van der Waals surface area contributed by atoms with Gasteiger partial charge in [-0.3, -0.25) is 0 Å². The Morgan fingerprint density at radius 1 is 1.21 bits per heavy atom. The minimum absolute atomic E-state index is 0.250. The van der Waals surface area contributed by atoms with Crippen LogP contribution in [0.15, 0.2) is 12.1 Å². The molecule has 1 aromatic carbocycles. The molecule has 0 spiro atoms. The normalized spacial score (nSPS) is 11.6. The molecule has 0 radical (unpaired) electrons. The van der Waals surface area contributed by atoms with Crippen LogP contribution < -0.4 is 11.5 Å². The van der Waals surface area contributed by atoms with Crippen molar-refractivity contribution in [3.63, 3.8) is 0 Å². The molecule has 2 aromatic rings. The molecule has 1 aromatic heterocycles. The Hall–Kier alpha value is -1.85. The molecule has 0 aliphatic carbocycles. The molecule has 2 rings (SSSR count). The highest BCUT2D eigenvalue weighted by Crippen LogP contribution is 2.34. The fourth-order valence-corrected chi connectivity index (χ4v) is 3.40. The first-order chi connectivity index (χ1) is 11.4. The molecule has 24 heavy (non-hydrogen) atoms. The Balaban J connectivity index is 2.79. The maximum Gasteiger partial charge on any atom is 0.335 e. The number of aromatic carboxylic acids is 1. The first-order valence-corrected chi connectivity index (χ1v) is 8.71.